The molecule has 1 aliphatic rings. The quantitative estimate of drug-likeness (QED) is 0.625. The number of unbranched alkanes of at least 4 members (excludes halogenated alkanes) is 4. The normalized spacial score (nSPS) is 30.6. The molecule has 1 nitrogen and oxygen atoms in total. The van der Waals surface area contributed by atoms with Crippen molar-refractivity contribution in [2.24, 2.45) is 5.92 Å². The van der Waals surface area contributed by atoms with Crippen molar-refractivity contribution in [2.45, 2.75) is 90.1 Å². The molecular weight excluding hydrogens is 196 g/mol. The molecule has 0 unspecified atom stereocenters. The van der Waals surface area contributed by atoms with E-state index in [0.717, 1.165) is 25.2 Å². The van der Waals surface area contributed by atoms with Crippen LogP contribution in [0, 0.1) is 5.92 Å². The van der Waals surface area contributed by atoms with Crippen LogP contribution in [0.2, 0.25) is 0 Å². The van der Waals surface area contributed by atoms with Crippen LogP contribution < -0.4 is 0 Å². The van der Waals surface area contributed by atoms with Crippen molar-refractivity contribution in [2.75, 3.05) is 0 Å². The molecule has 1 heteroatoms. The van der Waals surface area contributed by atoms with Crippen molar-refractivity contribution < 1.29 is 5.11 Å². The average molecular weight is 226 g/mol. The predicted octanol–water partition coefficient (Wildman–Crippen LogP) is 4.68. The summed E-state index contributed by atoms with van der Waals surface area (Å²) in [5.41, 5.74) is -0.294. The van der Waals surface area contributed by atoms with Crippen LogP contribution in [0.1, 0.15) is 84.5 Å². The Morgan fingerprint density at radius 1 is 1.00 bits per heavy atom. The van der Waals surface area contributed by atoms with Gasteiger partial charge in [0.05, 0.1) is 5.60 Å². The molecule has 0 saturated heterocycles. The molecule has 96 valence electrons. The highest BCUT2D eigenvalue weighted by molar-refractivity contribution is 4.84. The number of aliphatic hydroxyl groups is 1. The van der Waals surface area contributed by atoms with Crippen LogP contribution in [0.25, 0.3) is 0 Å². The van der Waals surface area contributed by atoms with Gasteiger partial charge < -0.3 is 5.11 Å². The number of hydrogen-bond acceptors (Lipinski definition) is 1. The van der Waals surface area contributed by atoms with E-state index in [0.29, 0.717) is 0 Å². The Bertz CT molecular complexity index is 168. The maximum Gasteiger partial charge on any atom is 0.0648 e. The van der Waals surface area contributed by atoms with Crippen LogP contribution in [0.3, 0.4) is 0 Å². The van der Waals surface area contributed by atoms with Gasteiger partial charge in [0.25, 0.3) is 0 Å². The monoisotopic (exact) mass is 226 g/mol. The van der Waals surface area contributed by atoms with Crippen molar-refractivity contribution in [3.05, 3.63) is 0 Å². The second kappa shape index (κ2) is 7.32. The molecular formula is C15H30O. The lowest BCUT2D eigenvalue weighted by Gasteiger charge is -2.36. The second-order valence-corrected chi connectivity index (χ2v) is 5.74. The largest absolute Gasteiger partial charge is 0.390 e. The Labute approximate surface area is 102 Å². The van der Waals surface area contributed by atoms with Gasteiger partial charge in [0.15, 0.2) is 0 Å². The van der Waals surface area contributed by atoms with Gasteiger partial charge in [-0.2, -0.15) is 0 Å². The average Bonchev–Trinajstić information content (AvgIpc) is 2.30. The lowest BCUT2D eigenvalue weighted by atomic mass is 9.75. The summed E-state index contributed by atoms with van der Waals surface area (Å²) in [5.74, 6) is 0.889. The molecule has 0 heterocycles. The van der Waals surface area contributed by atoms with Gasteiger partial charge in [-0.25, -0.2) is 0 Å². The SMILES string of the molecule is CCCCCCCC1(O)CCC(CC)CC1. The summed E-state index contributed by atoms with van der Waals surface area (Å²) >= 11 is 0. The summed E-state index contributed by atoms with van der Waals surface area (Å²) in [5, 5.41) is 10.4. The molecule has 0 aromatic heterocycles. The van der Waals surface area contributed by atoms with Gasteiger partial charge in [-0.3, -0.25) is 0 Å². The smallest absolute Gasteiger partial charge is 0.0648 e. The van der Waals surface area contributed by atoms with Crippen molar-refractivity contribution in [1.82, 2.24) is 0 Å². The fraction of sp³-hybridized carbons (Fsp3) is 1.00. The topological polar surface area (TPSA) is 20.2 Å². The van der Waals surface area contributed by atoms with E-state index in [2.05, 4.69) is 13.8 Å². The van der Waals surface area contributed by atoms with Crippen LogP contribution in [-0.4, -0.2) is 10.7 Å². The summed E-state index contributed by atoms with van der Waals surface area (Å²) in [4.78, 5) is 0. The van der Waals surface area contributed by atoms with Crippen molar-refractivity contribution in [3.8, 4) is 0 Å². The van der Waals surface area contributed by atoms with Crippen molar-refractivity contribution in [3.63, 3.8) is 0 Å². The third kappa shape index (κ3) is 4.86. The Kier molecular flexibility index (Phi) is 6.41. The van der Waals surface area contributed by atoms with Gasteiger partial charge in [0.1, 0.15) is 0 Å². The van der Waals surface area contributed by atoms with E-state index in [1.807, 2.05) is 0 Å². The minimum Gasteiger partial charge on any atom is -0.390 e. The lowest BCUT2D eigenvalue weighted by molar-refractivity contribution is -0.0188. The molecule has 0 amide bonds. The zero-order valence-electron chi connectivity index (χ0n) is 11.3. The highest BCUT2D eigenvalue weighted by Crippen LogP contribution is 2.36. The first kappa shape index (κ1) is 14.0. The van der Waals surface area contributed by atoms with Gasteiger partial charge in [-0.05, 0) is 38.0 Å². The first-order valence-corrected chi connectivity index (χ1v) is 7.42. The fourth-order valence-electron chi connectivity index (χ4n) is 2.93. The lowest BCUT2D eigenvalue weighted by Crippen LogP contribution is -2.33. The van der Waals surface area contributed by atoms with E-state index in [4.69, 9.17) is 0 Å². The molecule has 1 saturated carbocycles. The first-order chi connectivity index (χ1) is 7.70. The van der Waals surface area contributed by atoms with Gasteiger partial charge in [0, 0.05) is 0 Å². The maximum absolute atomic E-state index is 10.4. The third-order valence-corrected chi connectivity index (χ3v) is 4.36. The van der Waals surface area contributed by atoms with Crippen LogP contribution >= 0.6 is 0 Å². The fourth-order valence-corrected chi connectivity index (χ4v) is 2.93. The van der Waals surface area contributed by atoms with Gasteiger partial charge in [0.2, 0.25) is 0 Å². The molecule has 0 aromatic rings. The van der Waals surface area contributed by atoms with E-state index in [9.17, 15) is 5.11 Å². The van der Waals surface area contributed by atoms with E-state index in [1.54, 1.807) is 0 Å². The molecule has 0 aliphatic heterocycles. The van der Waals surface area contributed by atoms with E-state index >= 15 is 0 Å². The molecule has 0 bridgehead atoms. The molecule has 0 aromatic carbocycles. The summed E-state index contributed by atoms with van der Waals surface area (Å²) in [7, 11) is 0. The van der Waals surface area contributed by atoms with Gasteiger partial charge >= 0.3 is 0 Å². The number of hydrogen-bond donors (Lipinski definition) is 1. The number of rotatable bonds is 7. The van der Waals surface area contributed by atoms with Crippen LogP contribution in [0.4, 0.5) is 0 Å². The van der Waals surface area contributed by atoms with E-state index < -0.39 is 0 Å². The van der Waals surface area contributed by atoms with Crippen LogP contribution in [-0.2, 0) is 0 Å². The Morgan fingerprint density at radius 2 is 1.62 bits per heavy atom. The molecule has 1 N–H and O–H groups in total. The van der Waals surface area contributed by atoms with Gasteiger partial charge in [-0.1, -0.05) is 52.4 Å². The van der Waals surface area contributed by atoms with Crippen molar-refractivity contribution in [1.29, 1.82) is 0 Å². The Balaban J connectivity index is 2.11. The minimum absolute atomic E-state index is 0.294. The minimum atomic E-state index is -0.294. The molecule has 1 rings (SSSR count). The maximum atomic E-state index is 10.4. The Hall–Kier alpha value is -0.0400. The second-order valence-electron chi connectivity index (χ2n) is 5.74. The molecule has 1 aliphatic carbocycles. The van der Waals surface area contributed by atoms with Crippen LogP contribution in [0.5, 0.6) is 0 Å². The van der Waals surface area contributed by atoms with Crippen LogP contribution in [0.15, 0.2) is 0 Å². The standard InChI is InChI=1S/C15H30O/c1-3-5-6-7-8-11-15(16)12-9-14(4-2)10-13-15/h14,16H,3-13H2,1-2H3. The summed E-state index contributed by atoms with van der Waals surface area (Å²) in [6.45, 7) is 4.53. The Morgan fingerprint density at radius 3 is 2.19 bits per heavy atom. The zero-order valence-corrected chi connectivity index (χ0v) is 11.3. The molecule has 16 heavy (non-hydrogen) atoms. The summed E-state index contributed by atoms with van der Waals surface area (Å²) < 4.78 is 0. The first-order valence-electron chi connectivity index (χ1n) is 7.42. The highest BCUT2D eigenvalue weighted by atomic mass is 16.3. The summed E-state index contributed by atoms with van der Waals surface area (Å²) in [6.07, 6.45) is 13.5. The van der Waals surface area contributed by atoms with Gasteiger partial charge in [-0.15, -0.1) is 0 Å². The zero-order chi connectivity index (χ0) is 11.9. The highest BCUT2D eigenvalue weighted by Gasteiger charge is 2.31. The van der Waals surface area contributed by atoms with E-state index in [-0.39, 0.29) is 5.60 Å². The molecule has 0 atom stereocenters. The molecule has 0 spiro atoms. The molecule has 0 radical (unpaired) electrons. The van der Waals surface area contributed by atoms with E-state index in [1.165, 1.54) is 51.4 Å². The van der Waals surface area contributed by atoms with Crippen molar-refractivity contribution >= 4 is 0 Å². The third-order valence-electron chi connectivity index (χ3n) is 4.36. The predicted molar refractivity (Wildman–Crippen MR) is 70.6 cm³/mol. The molecule has 1 fully saturated rings. The summed E-state index contributed by atoms with van der Waals surface area (Å²) in [6, 6.07) is 0.